The Morgan fingerprint density at radius 1 is 1.26 bits per heavy atom. The van der Waals surface area contributed by atoms with Crippen molar-refractivity contribution in [3.05, 3.63) is 0 Å². The molecule has 0 amide bonds. The van der Waals surface area contributed by atoms with Crippen molar-refractivity contribution in [2.45, 2.75) is 71.0 Å². The van der Waals surface area contributed by atoms with Crippen molar-refractivity contribution in [2.24, 2.45) is 11.8 Å². The zero-order valence-electron chi connectivity index (χ0n) is 12.9. The lowest BCUT2D eigenvalue weighted by atomic mass is 9.79. The quantitative estimate of drug-likeness (QED) is 0.851. The van der Waals surface area contributed by atoms with E-state index in [1.54, 1.807) is 0 Å². The van der Waals surface area contributed by atoms with Gasteiger partial charge < -0.3 is 0 Å². The summed E-state index contributed by atoms with van der Waals surface area (Å²) in [5, 5.41) is 13.2. The Balaban J connectivity index is 2.02. The molecular formula is C16H29N3. The Labute approximate surface area is 118 Å². The number of rotatable bonds is 3. The number of nitriles is 1. The first kappa shape index (κ1) is 14.8. The molecule has 1 heterocycles. The zero-order valence-corrected chi connectivity index (χ0v) is 12.9. The SMILES string of the molecule is CC(C)NC1(C#N)CCCC(N2CC(C)C(C)C2)C1. The van der Waals surface area contributed by atoms with Crippen molar-refractivity contribution < 1.29 is 0 Å². The monoisotopic (exact) mass is 263 g/mol. The molecule has 19 heavy (non-hydrogen) atoms. The van der Waals surface area contributed by atoms with Crippen molar-refractivity contribution in [1.82, 2.24) is 10.2 Å². The average molecular weight is 263 g/mol. The van der Waals surface area contributed by atoms with Crippen LogP contribution in [0.1, 0.15) is 53.4 Å². The molecule has 0 spiro atoms. The summed E-state index contributed by atoms with van der Waals surface area (Å²) in [4.78, 5) is 2.64. The Morgan fingerprint density at radius 2 is 1.89 bits per heavy atom. The number of hydrogen-bond acceptors (Lipinski definition) is 3. The van der Waals surface area contributed by atoms with Crippen LogP contribution in [0, 0.1) is 23.2 Å². The summed E-state index contributed by atoms with van der Waals surface area (Å²) in [7, 11) is 0. The van der Waals surface area contributed by atoms with Gasteiger partial charge in [-0.2, -0.15) is 5.26 Å². The second-order valence-electron chi connectivity index (χ2n) is 7.15. The van der Waals surface area contributed by atoms with Crippen LogP contribution < -0.4 is 5.32 Å². The molecule has 0 aromatic carbocycles. The molecule has 1 saturated heterocycles. The molecule has 2 fully saturated rings. The maximum Gasteiger partial charge on any atom is 0.108 e. The van der Waals surface area contributed by atoms with Crippen molar-refractivity contribution in [2.75, 3.05) is 13.1 Å². The molecule has 1 saturated carbocycles. The fourth-order valence-electron chi connectivity index (χ4n) is 3.85. The molecule has 3 heteroatoms. The lowest BCUT2D eigenvalue weighted by Gasteiger charge is -2.41. The molecule has 2 rings (SSSR count). The minimum atomic E-state index is -0.286. The van der Waals surface area contributed by atoms with Gasteiger partial charge >= 0.3 is 0 Å². The van der Waals surface area contributed by atoms with Crippen LogP contribution in [0.5, 0.6) is 0 Å². The van der Waals surface area contributed by atoms with E-state index in [0.29, 0.717) is 12.1 Å². The third-order valence-electron chi connectivity index (χ3n) is 5.04. The molecular weight excluding hydrogens is 234 g/mol. The van der Waals surface area contributed by atoms with Gasteiger partial charge in [-0.05, 0) is 51.4 Å². The highest BCUT2D eigenvalue weighted by atomic mass is 15.2. The zero-order chi connectivity index (χ0) is 14.0. The van der Waals surface area contributed by atoms with Gasteiger partial charge in [-0.15, -0.1) is 0 Å². The summed E-state index contributed by atoms with van der Waals surface area (Å²) in [5.74, 6) is 1.60. The standard InChI is InChI=1S/C16H29N3/c1-12(2)18-16(11-17)7-5-6-15(8-16)19-9-13(3)14(4)10-19/h12-15,18H,5-10H2,1-4H3. The Kier molecular flexibility index (Phi) is 4.53. The van der Waals surface area contributed by atoms with Crippen molar-refractivity contribution in [3.8, 4) is 6.07 Å². The second kappa shape index (κ2) is 5.81. The van der Waals surface area contributed by atoms with Gasteiger partial charge in [0.1, 0.15) is 5.54 Å². The Hall–Kier alpha value is -0.590. The van der Waals surface area contributed by atoms with E-state index in [1.165, 1.54) is 25.9 Å². The normalized spacial score (nSPS) is 40.5. The van der Waals surface area contributed by atoms with Gasteiger partial charge in [0.15, 0.2) is 0 Å². The minimum absolute atomic E-state index is 0.286. The largest absolute Gasteiger partial charge is 0.300 e. The van der Waals surface area contributed by atoms with E-state index in [-0.39, 0.29) is 5.54 Å². The van der Waals surface area contributed by atoms with Gasteiger partial charge in [-0.1, -0.05) is 13.8 Å². The fourth-order valence-corrected chi connectivity index (χ4v) is 3.85. The molecule has 0 aromatic rings. The van der Waals surface area contributed by atoms with Crippen LogP contribution in [0.2, 0.25) is 0 Å². The summed E-state index contributed by atoms with van der Waals surface area (Å²) in [6.07, 6.45) is 4.46. The molecule has 0 bridgehead atoms. The third kappa shape index (κ3) is 3.30. The van der Waals surface area contributed by atoms with Gasteiger partial charge in [0.05, 0.1) is 6.07 Å². The summed E-state index contributed by atoms with van der Waals surface area (Å²) >= 11 is 0. The maximum absolute atomic E-state index is 9.62. The molecule has 3 nitrogen and oxygen atoms in total. The predicted octanol–water partition coefficient (Wildman–Crippen LogP) is 2.78. The van der Waals surface area contributed by atoms with Gasteiger partial charge in [-0.25, -0.2) is 0 Å². The predicted molar refractivity (Wildman–Crippen MR) is 78.8 cm³/mol. The summed E-state index contributed by atoms with van der Waals surface area (Å²) in [6, 6.07) is 3.57. The van der Waals surface area contributed by atoms with Gasteiger partial charge in [-0.3, -0.25) is 10.2 Å². The van der Waals surface area contributed by atoms with Crippen molar-refractivity contribution in [1.29, 1.82) is 5.26 Å². The summed E-state index contributed by atoms with van der Waals surface area (Å²) in [6.45, 7) is 11.4. The van der Waals surface area contributed by atoms with E-state index in [0.717, 1.165) is 24.7 Å². The van der Waals surface area contributed by atoms with Crippen molar-refractivity contribution >= 4 is 0 Å². The van der Waals surface area contributed by atoms with Crippen LogP contribution in [0.15, 0.2) is 0 Å². The maximum atomic E-state index is 9.62. The number of nitrogens with one attached hydrogen (secondary N) is 1. The van der Waals surface area contributed by atoms with Crippen LogP contribution in [0.25, 0.3) is 0 Å². The van der Waals surface area contributed by atoms with Crippen LogP contribution in [-0.4, -0.2) is 35.6 Å². The Morgan fingerprint density at radius 3 is 2.42 bits per heavy atom. The summed E-state index contributed by atoms with van der Waals surface area (Å²) in [5.41, 5.74) is -0.286. The van der Waals surface area contributed by atoms with Crippen LogP contribution in [0.4, 0.5) is 0 Å². The molecule has 2 aliphatic rings. The van der Waals surface area contributed by atoms with E-state index in [1.807, 2.05) is 0 Å². The average Bonchev–Trinajstić information content (AvgIpc) is 2.69. The van der Waals surface area contributed by atoms with Gasteiger partial charge in [0, 0.05) is 25.2 Å². The highest BCUT2D eigenvalue weighted by molar-refractivity contribution is 5.12. The second-order valence-corrected chi connectivity index (χ2v) is 7.15. The third-order valence-corrected chi connectivity index (χ3v) is 5.04. The minimum Gasteiger partial charge on any atom is -0.300 e. The number of hydrogen-bond donors (Lipinski definition) is 1. The molecule has 108 valence electrons. The first-order valence-electron chi connectivity index (χ1n) is 7.89. The number of nitrogens with zero attached hydrogens (tertiary/aromatic N) is 2. The molecule has 4 unspecified atom stereocenters. The van der Waals surface area contributed by atoms with E-state index >= 15 is 0 Å². The van der Waals surface area contributed by atoms with E-state index in [4.69, 9.17) is 0 Å². The van der Waals surface area contributed by atoms with E-state index in [9.17, 15) is 5.26 Å². The van der Waals surface area contributed by atoms with Crippen LogP contribution >= 0.6 is 0 Å². The van der Waals surface area contributed by atoms with Crippen molar-refractivity contribution in [3.63, 3.8) is 0 Å². The first-order chi connectivity index (χ1) is 8.96. The van der Waals surface area contributed by atoms with E-state index in [2.05, 4.69) is 44.0 Å². The lowest BCUT2D eigenvalue weighted by molar-refractivity contribution is 0.134. The lowest BCUT2D eigenvalue weighted by Crippen LogP contribution is -2.54. The molecule has 1 aliphatic carbocycles. The highest BCUT2D eigenvalue weighted by Crippen LogP contribution is 2.35. The van der Waals surface area contributed by atoms with E-state index < -0.39 is 0 Å². The Bertz CT molecular complexity index is 336. The topological polar surface area (TPSA) is 39.1 Å². The molecule has 4 atom stereocenters. The van der Waals surface area contributed by atoms with Crippen LogP contribution in [-0.2, 0) is 0 Å². The van der Waals surface area contributed by atoms with Crippen LogP contribution in [0.3, 0.4) is 0 Å². The smallest absolute Gasteiger partial charge is 0.108 e. The van der Waals surface area contributed by atoms with Gasteiger partial charge in [0.2, 0.25) is 0 Å². The molecule has 1 N–H and O–H groups in total. The summed E-state index contributed by atoms with van der Waals surface area (Å²) < 4.78 is 0. The fraction of sp³-hybridized carbons (Fsp3) is 0.938. The molecule has 0 aromatic heterocycles. The highest BCUT2D eigenvalue weighted by Gasteiger charge is 2.41. The molecule has 1 aliphatic heterocycles. The van der Waals surface area contributed by atoms with Gasteiger partial charge in [0.25, 0.3) is 0 Å². The first-order valence-corrected chi connectivity index (χ1v) is 7.89. The number of likely N-dealkylation sites (tertiary alicyclic amines) is 1. The molecule has 0 radical (unpaired) electrons.